The molecular weight excluding hydrogens is 1880 g/mol. The molecule has 0 aliphatic carbocycles. The van der Waals surface area contributed by atoms with Crippen LogP contribution in [-0.4, -0.2) is 48.9 Å². The molecule has 0 aromatic heterocycles. The lowest BCUT2D eigenvalue weighted by Gasteiger charge is -2.27. The van der Waals surface area contributed by atoms with Crippen LogP contribution in [0.15, 0.2) is 588 Å². The molecule has 0 saturated carbocycles. The van der Waals surface area contributed by atoms with Crippen LogP contribution in [0.1, 0.15) is 52.6 Å². The number of carbonyl (C=O) groups excluding carboxylic acids is 4. The fraction of sp³-hybridized carbons (Fsp3) is 0. The van der Waals surface area contributed by atoms with Crippen molar-refractivity contribution in [2.45, 2.75) is 0 Å². The molecule has 2 amide bonds. The first-order chi connectivity index (χ1) is 72.5. The molecule has 0 saturated heterocycles. The predicted molar refractivity (Wildman–Crippen MR) is 610 cm³/mol. The maximum atomic E-state index is 12.2. The van der Waals surface area contributed by atoms with Crippen molar-refractivity contribution in [2.75, 3.05) is 10.6 Å². The molecule has 0 heterocycles. The average molecular weight is 1990 g/mol. The molecule has 0 spiro atoms. The summed E-state index contributed by atoms with van der Waals surface area (Å²) in [5.41, 5.74) is 3.46. The van der Waals surface area contributed by atoms with Gasteiger partial charge in [0.15, 0.2) is 34.6 Å². The number of carbonyl (C=O) groups is 4. The van der Waals surface area contributed by atoms with E-state index < -0.39 is 21.8 Å². The minimum absolute atomic E-state index is 0.160. The number of hydrogen-bond acceptors (Lipinski definition) is 11. The molecule has 0 bridgehead atoms. The Hall–Kier alpha value is -18.5. The van der Waals surface area contributed by atoms with Gasteiger partial charge in [-0.2, -0.15) is 0 Å². The highest BCUT2D eigenvalue weighted by molar-refractivity contribution is 8.02. The highest BCUT2D eigenvalue weighted by Crippen LogP contribution is 2.57. The molecule has 22 aromatic carbocycles. The number of ketones is 2. The normalized spacial score (nSPS) is 10.7. The van der Waals surface area contributed by atoms with E-state index >= 15 is 0 Å². The van der Waals surface area contributed by atoms with E-state index in [2.05, 4.69) is 356 Å². The van der Waals surface area contributed by atoms with Gasteiger partial charge in [-0.1, -0.05) is 369 Å². The summed E-state index contributed by atoms with van der Waals surface area (Å²) in [6, 6.07) is 193. The second kappa shape index (κ2) is 50.5. The molecule has 22 aromatic rings. The molecule has 7 N–H and O–H groups in total. The Kier molecular flexibility index (Phi) is 34.9. The second-order valence-electron chi connectivity index (χ2n) is 34.0. The maximum absolute atomic E-state index is 12.2. The lowest BCUT2D eigenvalue weighted by Crippen LogP contribution is -2.38. The molecule has 0 aliphatic rings. The first-order valence-corrected chi connectivity index (χ1v) is 53.3. The number of fused-ring (bicyclic) bond motifs is 2. The number of para-hydroxylation sites is 2. The molecule has 13 nitrogen and oxygen atoms in total. The van der Waals surface area contributed by atoms with Gasteiger partial charge in [-0.25, -0.2) is 0 Å². The van der Waals surface area contributed by atoms with Gasteiger partial charge in [0, 0.05) is 44.8 Å². The van der Waals surface area contributed by atoms with Crippen LogP contribution in [0.5, 0.6) is 40.2 Å². The SMILES string of the molecule is O=C(Nc1ccccc1)c1cc2ccccc2cc1[O-].O=C(Nc1ccccc1)c1cc2ccccc2cc1[O-].O=C(c1ccccc1)c1ccc(O)c(O)c1.O=C(c1ccccc1)c1ccc(O)c(O)c1.Oc1ccc([P+](c2ccccc2)(c2ccccc2)c2ccccc2)cc1.c1ccc([P+](c2ccccc2)(c2ccccc2)c2ccccc2)cc1.c1ccc([P+](c2ccccc2)(c2ccccc2)c2ccccc2)cc1. The van der Waals surface area contributed by atoms with Crippen molar-refractivity contribution in [1.82, 2.24) is 0 Å². The zero-order valence-electron chi connectivity index (χ0n) is 80.5. The Morgan fingerprint density at radius 2 is 0.358 bits per heavy atom. The Morgan fingerprint density at radius 3 is 0.568 bits per heavy atom. The van der Waals surface area contributed by atoms with Crippen molar-refractivity contribution in [3.8, 4) is 40.2 Å². The predicted octanol–water partition coefficient (Wildman–Crippen LogP) is 23.6. The highest BCUT2D eigenvalue weighted by atomic mass is 31.2. The Labute approximate surface area is 863 Å². The molecule has 0 atom stereocenters. The molecule has 722 valence electrons. The van der Waals surface area contributed by atoms with Gasteiger partial charge in [-0.05, 0) is 252 Å². The fourth-order valence-electron chi connectivity index (χ4n) is 17.6. The van der Waals surface area contributed by atoms with E-state index in [-0.39, 0.29) is 69.0 Å². The maximum Gasteiger partial charge on any atom is 0.255 e. The van der Waals surface area contributed by atoms with Gasteiger partial charge in [0.05, 0.1) is 0 Å². The third-order valence-corrected chi connectivity index (χ3v) is 37.5. The number of rotatable bonds is 20. The van der Waals surface area contributed by atoms with Gasteiger partial charge in [-0.15, -0.1) is 0 Å². The molecule has 0 fully saturated rings. The zero-order chi connectivity index (χ0) is 103. The van der Waals surface area contributed by atoms with Gasteiger partial charge in [0.2, 0.25) is 0 Å². The zero-order valence-corrected chi connectivity index (χ0v) is 83.2. The van der Waals surface area contributed by atoms with Gasteiger partial charge >= 0.3 is 0 Å². The minimum atomic E-state index is -2.04. The summed E-state index contributed by atoms with van der Waals surface area (Å²) in [6.07, 6.45) is 0. The summed E-state index contributed by atoms with van der Waals surface area (Å²) in [5.74, 6) is -2.42. The molecule has 0 radical (unpaired) electrons. The van der Waals surface area contributed by atoms with Crippen molar-refractivity contribution in [1.29, 1.82) is 0 Å². The van der Waals surface area contributed by atoms with Crippen molar-refractivity contribution >= 4 is 142 Å². The first kappa shape index (κ1) is 102. The first-order valence-electron chi connectivity index (χ1n) is 47.9. The number of phenols is 5. The summed E-state index contributed by atoms with van der Waals surface area (Å²) >= 11 is 0. The number of aromatic hydroxyl groups is 5. The van der Waals surface area contributed by atoms with Crippen LogP contribution < -0.4 is 84.5 Å². The molecule has 0 unspecified atom stereocenters. The number of amides is 2. The smallest absolute Gasteiger partial charge is 0.255 e. The average Bonchev–Trinajstić information content (AvgIpc) is 0.733. The van der Waals surface area contributed by atoms with Crippen LogP contribution in [0.25, 0.3) is 21.5 Å². The van der Waals surface area contributed by atoms with Gasteiger partial charge in [0.1, 0.15) is 91.2 Å². The summed E-state index contributed by atoms with van der Waals surface area (Å²) in [4.78, 5) is 48.2. The lowest BCUT2D eigenvalue weighted by molar-refractivity contribution is -0.269. The third-order valence-electron chi connectivity index (χ3n) is 24.6. The molecule has 16 heteroatoms. The Morgan fingerprint density at radius 1 is 0.176 bits per heavy atom. The standard InChI is InChI=1S/C24H19OP.2C24H20P.2C17H13NO2.2C13H10O3/c25-20-16-18-24(19-17-20)26(21-10-4-1-5-11-21,22-12-6-2-7-13-22)23-14-8-3-9-15-23;2*1-5-13-21(14-6-1)25(22-15-7-2-8-16-22,23-17-9-3-10-18-23)24-19-11-4-12-20-24;2*19-16-11-13-7-5-4-6-12(13)10-15(16)17(20)18-14-8-2-1-3-9-14;2*14-11-7-6-10(8-12(11)15)13(16)9-4-2-1-3-5-9/h1-19H;2*1-20H;2*1-11,19H,(H,18,20);2*1-8,14-15H/q;2*+1;;;;/p-1. The van der Waals surface area contributed by atoms with E-state index in [1.807, 2.05) is 97.1 Å². The molecule has 22 rings (SSSR count). The van der Waals surface area contributed by atoms with Crippen LogP contribution in [0.2, 0.25) is 0 Å². The quantitative estimate of drug-likeness (QED) is 0.0215. The monoisotopic (exact) mass is 1990 g/mol. The topological polar surface area (TPSA) is 240 Å². The summed E-state index contributed by atoms with van der Waals surface area (Å²) in [5, 5.41) is 95.9. The van der Waals surface area contributed by atoms with Crippen molar-refractivity contribution in [2.24, 2.45) is 0 Å². The van der Waals surface area contributed by atoms with Crippen molar-refractivity contribution < 1.29 is 54.9 Å². The number of phenolic OH excluding ortho intramolecular Hbond substituents is 5. The number of anilines is 2. The van der Waals surface area contributed by atoms with E-state index in [9.17, 15) is 44.7 Å². The largest absolute Gasteiger partial charge is 0.872 e. The van der Waals surface area contributed by atoms with Gasteiger partial charge in [0.25, 0.3) is 11.8 Å². The summed E-state index contributed by atoms with van der Waals surface area (Å²) in [6.45, 7) is 0. The van der Waals surface area contributed by atoms with E-state index in [1.54, 1.807) is 97.1 Å². The number of hydrogen-bond donors (Lipinski definition) is 7. The number of nitrogens with one attached hydrogen (secondary N) is 2. The second-order valence-corrected chi connectivity index (χ2v) is 44.3. The Balaban J connectivity index is 0.000000124. The molecule has 0 aliphatic heterocycles. The minimum Gasteiger partial charge on any atom is -0.872 e. The van der Waals surface area contributed by atoms with Crippen LogP contribution in [-0.2, 0) is 0 Å². The van der Waals surface area contributed by atoms with Crippen molar-refractivity contribution in [3.05, 3.63) is 622 Å². The van der Waals surface area contributed by atoms with E-state index in [1.165, 1.54) is 112 Å². The van der Waals surface area contributed by atoms with Crippen LogP contribution in [0, 0.1) is 0 Å². The fourth-order valence-corrected chi connectivity index (χ4v) is 30.4. The van der Waals surface area contributed by atoms with Crippen LogP contribution >= 0.6 is 21.8 Å². The number of benzene rings is 22. The van der Waals surface area contributed by atoms with Gasteiger partial charge < -0.3 is 46.4 Å². The summed E-state index contributed by atoms with van der Waals surface area (Å²) in [7, 11) is -5.85. The molecule has 148 heavy (non-hydrogen) atoms. The third kappa shape index (κ3) is 24.7. The van der Waals surface area contributed by atoms with Gasteiger partial charge in [-0.3, -0.25) is 19.2 Å². The highest BCUT2D eigenvalue weighted by Gasteiger charge is 2.50. The van der Waals surface area contributed by atoms with E-state index in [4.69, 9.17) is 10.2 Å². The van der Waals surface area contributed by atoms with E-state index in [0.29, 0.717) is 39.4 Å². The Bertz CT molecular complexity index is 7230. The van der Waals surface area contributed by atoms with E-state index in [0.717, 1.165) is 21.5 Å². The lowest BCUT2D eigenvalue weighted by atomic mass is 10.0. The van der Waals surface area contributed by atoms with Crippen LogP contribution in [0.3, 0.4) is 0 Å². The molecular formula is C132H104N2O11P3+. The summed E-state index contributed by atoms with van der Waals surface area (Å²) < 4.78 is 0. The van der Waals surface area contributed by atoms with Crippen LogP contribution in [0.4, 0.5) is 11.4 Å². The van der Waals surface area contributed by atoms with Crippen molar-refractivity contribution in [3.63, 3.8) is 0 Å².